The van der Waals surface area contributed by atoms with E-state index in [2.05, 4.69) is 25.6 Å². The van der Waals surface area contributed by atoms with Crippen LogP contribution in [0.5, 0.6) is 0 Å². The molecule has 1 aromatic carbocycles. The van der Waals surface area contributed by atoms with Crippen LogP contribution in [0.15, 0.2) is 35.3 Å². The van der Waals surface area contributed by atoms with Gasteiger partial charge in [-0.2, -0.15) is 4.98 Å². The number of carbonyl (C=O) groups is 2. The van der Waals surface area contributed by atoms with Gasteiger partial charge in [-0.05, 0) is 56.0 Å². The molecular weight excluding hydrogens is 480 g/mol. The average Bonchev–Trinajstić information content (AvgIpc) is 3.30. The first-order valence-electron chi connectivity index (χ1n) is 12.2. The Labute approximate surface area is 214 Å². The van der Waals surface area contributed by atoms with E-state index in [1.165, 1.54) is 0 Å². The molecule has 12 nitrogen and oxygen atoms in total. The molecule has 0 spiro atoms. The van der Waals surface area contributed by atoms with E-state index in [1.807, 2.05) is 19.2 Å². The number of nitrogens with one attached hydrogen (secondary N) is 4. The zero-order valence-corrected chi connectivity index (χ0v) is 20.8. The van der Waals surface area contributed by atoms with E-state index in [1.54, 1.807) is 18.3 Å². The van der Waals surface area contributed by atoms with Crippen LogP contribution in [0.1, 0.15) is 34.3 Å². The Balaban J connectivity index is 1.54. The van der Waals surface area contributed by atoms with Crippen LogP contribution in [0.4, 0.5) is 5.95 Å². The standard InChI is InChI=1S/C25H34N6O6/c1-27-10-12-36-13-14-37-24(35)19(3-2-11-32)29-22(33)17-7-4-16(5-8-17)6-9-18-15-28-21-20(18)23(34)31-25(26)30-21/h4-5,7-8,15,19,27,32H,2-3,6,9-14H2,1H3,(H,29,33)(H4,26,28,30,31,34)/t19-/m0/s1. The van der Waals surface area contributed by atoms with Crippen LogP contribution < -0.4 is 21.9 Å². The highest BCUT2D eigenvalue weighted by molar-refractivity contribution is 5.96. The van der Waals surface area contributed by atoms with E-state index in [0.717, 1.165) is 11.1 Å². The van der Waals surface area contributed by atoms with Crippen molar-refractivity contribution in [2.45, 2.75) is 31.7 Å². The first-order valence-corrected chi connectivity index (χ1v) is 12.2. The van der Waals surface area contributed by atoms with Crippen molar-refractivity contribution in [2.24, 2.45) is 0 Å². The lowest BCUT2D eigenvalue weighted by atomic mass is 10.0. The normalized spacial score (nSPS) is 11.9. The molecule has 2 heterocycles. The Hall–Kier alpha value is -3.74. The fourth-order valence-corrected chi connectivity index (χ4v) is 3.78. The number of H-pyrrole nitrogens is 2. The minimum Gasteiger partial charge on any atom is -0.462 e. The van der Waals surface area contributed by atoms with Gasteiger partial charge in [0.15, 0.2) is 0 Å². The number of aryl methyl sites for hydroxylation is 2. The summed E-state index contributed by atoms with van der Waals surface area (Å²) in [5.41, 5.74) is 7.93. The molecular formula is C25H34N6O6. The van der Waals surface area contributed by atoms with E-state index >= 15 is 0 Å². The zero-order valence-electron chi connectivity index (χ0n) is 20.8. The summed E-state index contributed by atoms with van der Waals surface area (Å²) in [6.45, 7) is 1.42. The summed E-state index contributed by atoms with van der Waals surface area (Å²) in [5, 5.41) is 15.3. The summed E-state index contributed by atoms with van der Waals surface area (Å²) in [4.78, 5) is 47.0. The second-order valence-corrected chi connectivity index (χ2v) is 8.46. The number of aromatic nitrogens is 3. The van der Waals surface area contributed by atoms with Gasteiger partial charge in [0.25, 0.3) is 11.5 Å². The summed E-state index contributed by atoms with van der Waals surface area (Å²) in [6.07, 6.45) is 3.57. The van der Waals surface area contributed by atoms with Crippen molar-refractivity contribution in [3.05, 3.63) is 57.5 Å². The summed E-state index contributed by atoms with van der Waals surface area (Å²) in [6, 6.07) is 6.14. The molecule has 37 heavy (non-hydrogen) atoms. The van der Waals surface area contributed by atoms with Crippen LogP contribution in [0, 0.1) is 0 Å². The number of aliphatic hydroxyl groups excluding tert-OH is 1. The maximum absolute atomic E-state index is 12.8. The maximum Gasteiger partial charge on any atom is 0.328 e. The van der Waals surface area contributed by atoms with Gasteiger partial charge in [0, 0.05) is 24.9 Å². The number of fused-ring (bicyclic) bond motifs is 1. The molecule has 1 atom stereocenters. The molecule has 200 valence electrons. The van der Waals surface area contributed by atoms with Gasteiger partial charge in [0.05, 0.1) is 18.6 Å². The van der Waals surface area contributed by atoms with Gasteiger partial charge in [0.2, 0.25) is 5.95 Å². The number of benzene rings is 1. The number of hydrogen-bond donors (Lipinski definition) is 6. The quantitative estimate of drug-likeness (QED) is 0.122. The molecule has 0 aliphatic carbocycles. The van der Waals surface area contributed by atoms with Crippen molar-refractivity contribution < 1.29 is 24.2 Å². The second-order valence-electron chi connectivity index (χ2n) is 8.46. The molecule has 0 unspecified atom stereocenters. The van der Waals surface area contributed by atoms with E-state index in [4.69, 9.17) is 20.3 Å². The SMILES string of the molecule is CNCCOCCOC(=O)[C@H](CCCO)NC(=O)c1ccc(CCc2c[nH]c3nc(N)[nH]c(=O)c23)cc1. The summed E-state index contributed by atoms with van der Waals surface area (Å²) >= 11 is 0. The molecule has 2 aromatic heterocycles. The van der Waals surface area contributed by atoms with Crippen LogP contribution in [0.2, 0.25) is 0 Å². The van der Waals surface area contributed by atoms with Gasteiger partial charge < -0.3 is 35.9 Å². The van der Waals surface area contributed by atoms with Crippen molar-refractivity contribution in [3.63, 3.8) is 0 Å². The number of carbonyl (C=O) groups excluding carboxylic acids is 2. The van der Waals surface area contributed by atoms with Crippen LogP contribution in [0.25, 0.3) is 11.0 Å². The van der Waals surface area contributed by atoms with Gasteiger partial charge >= 0.3 is 5.97 Å². The van der Waals surface area contributed by atoms with E-state index in [-0.39, 0.29) is 37.7 Å². The molecule has 0 saturated carbocycles. The lowest BCUT2D eigenvalue weighted by Crippen LogP contribution is -2.42. The van der Waals surface area contributed by atoms with Crippen molar-refractivity contribution >= 4 is 28.9 Å². The minimum atomic E-state index is -0.876. The van der Waals surface area contributed by atoms with E-state index in [9.17, 15) is 14.4 Å². The predicted octanol–water partition coefficient (Wildman–Crippen LogP) is 0.269. The minimum absolute atomic E-state index is 0.0563. The molecule has 1 amide bonds. The highest BCUT2D eigenvalue weighted by Crippen LogP contribution is 2.16. The fraction of sp³-hybridized carbons (Fsp3) is 0.440. The highest BCUT2D eigenvalue weighted by atomic mass is 16.6. The average molecular weight is 515 g/mol. The molecule has 0 fully saturated rings. The topological polar surface area (TPSA) is 184 Å². The van der Waals surface area contributed by atoms with Crippen molar-refractivity contribution in [1.82, 2.24) is 25.6 Å². The molecule has 0 aliphatic heterocycles. The Kier molecular flexibility index (Phi) is 10.6. The smallest absolute Gasteiger partial charge is 0.328 e. The van der Waals surface area contributed by atoms with Gasteiger partial charge in [-0.15, -0.1) is 0 Å². The third kappa shape index (κ3) is 8.13. The monoisotopic (exact) mass is 514 g/mol. The number of aromatic amines is 2. The molecule has 0 saturated heterocycles. The van der Waals surface area contributed by atoms with Crippen LogP contribution >= 0.6 is 0 Å². The number of nitrogen functional groups attached to an aromatic ring is 1. The molecule has 0 aliphatic rings. The number of likely N-dealkylation sites (N-methyl/N-ethyl adjacent to an activating group) is 1. The third-order valence-corrected chi connectivity index (χ3v) is 5.75. The fourth-order valence-electron chi connectivity index (χ4n) is 3.78. The van der Waals surface area contributed by atoms with Gasteiger partial charge in [0.1, 0.15) is 18.3 Å². The largest absolute Gasteiger partial charge is 0.462 e. The van der Waals surface area contributed by atoms with Crippen molar-refractivity contribution in [1.29, 1.82) is 0 Å². The van der Waals surface area contributed by atoms with Crippen molar-refractivity contribution in [2.75, 3.05) is 45.8 Å². The predicted molar refractivity (Wildman–Crippen MR) is 138 cm³/mol. The van der Waals surface area contributed by atoms with Gasteiger partial charge in [-0.3, -0.25) is 14.6 Å². The molecule has 7 N–H and O–H groups in total. The number of rotatable bonds is 15. The Morgan fingerprint density at radius 3 is 2.68 bits per heavy atom. The number of nitrogens with zero attached hydrogens (tertiary/aromatic N) is 1. The number of esters is 1. The Morgan fingerprint density at radius 2 is 1.95 bits per heavy atom. The lowest BCUT2D eigenvalue weighted by Gasteiger charge is -2.17. The van der Waals surface area contributed by atoms with Crippen molar-refractivity contribution in [3.8, 4) is 0 Å². The first kappa shape index (κ1) is 27.8. The summed E-state index contributed by atoms with van der Waals surface area (Å²) in [5.74, 6) is -0.926. The maximum atomic E-state index is 12.8. The lowest BCUT2D eigenvalue weighted by molar-refractivity contribution is -0.147. The molecule has 3 rings (SSSR count). The number of ether oxygens (including phenoxy) is 2. The summed E-state index contributed by atoms with van der Waals surface area (Å²) in [7, 11) is 1.81. The number of nitrogens with two attached hydrogens (primary N) is 1. The Bertz CT molecular complexity index is 1220. The van der Waals surface area contributed by atoms with Crippen LogP contribution in [-0.4, -0.2) is 78.0 Å². The molecule has 3 aromatic rings. The first-order chi connectivity index (χ1) is 17.9. The van der Waals surface area contributed by atoms with Gasteiger partial charge in [-0.1, -0.05) is 12.1 Å². The Morgan fingerprint density at radius 1 is 1.16 bits per heavy atom. The van der Waals surface area contributed by atoms with Crippen LogP contribution in [0.3, 0.4) is 0 Å². The third-order valence-electron chi connectivity index (χ3n) is 5.75. The number of amides is 1. The highest BCUT2D eigenvalue weighted by Gasteiger charge is 2.22. The summed E-state index contributed by atoms with van der Waals surface area (Å²) < 4.78 is 10.6. The van der Waals surface area contributed by atoms with E-state index in [0.29, 0.717) is 49.0 Å². The molecule has 0 bridgehead atoms. The molecule has 0 radical (unpaired) electrons. The second kappa shape index (κ2) is 14.1. The zero-order chi connectivity index (χ0) is 26.6. The van der Waals surface area contributed by atoms with E-state index < -0.39 is 17.9 Å². The number of hydrogen-bond acceptors (Lipinski definition) is 9. The number of anilines is 1. The number of aliphatic hydroxyl groups is 1. The van der Waals surface area contributed by atoms with Crippen LogP contribution in [-0.2, 0) is 27.1 Å². The van der Waals surface area contributed by atoms with Gasteiger partial charge in [-0.25, -0.2) is 4.79 Å². The molecule has 12 heteroatoms.